The number of ether oxygens (including phenoxy) is 1. The topological polar surface area (TPSA) is 59.4 Å². The number of hydrogen-bond acceptors (Lipinski definition) is 4. The lowest BCUT2D eigenvalue weighted by Crippen LogP contribution is -2.23. The van der Waals surface area contributed by atoms with Crippen molar-refractivity contribution >= 4 is 17.4 Å². The van der Waals surface area contributed by atoms with E-state index in [1.807, 2.05) is 43.3 Å². The maximum absolute atomic E-state index is 13.0. The fourth-order valence-electron chi connectivity index (χ4n) is 2.79. The second kappa shape index (κ2) is 8.89. The molecule has 9 heteroatoms. The number of nitrogens with zero attached hydrogens (tertiary/aromatic N) is 3. The Kier molecular flexibility index (Phi) is 6.29. The molecule has 0 aliphatic heterocycles. The van der Waals surface area contributed by atoms with E-state index in [0.29, 0.717) is 12.4 Å². The summed E-state index contributed by atoms with van der Waals surface area (Å²) in [6.45, 7) is -0.135. The van der Waals surface area contributed by atoms with E-state index >= 15 is 0 Å². The molecule has 1 aromatic heterocycles. The number of rotatable bonds is 7. The zero-order chi connectivity index (χ0) is 21.7. The molecule has 0 saturated carbocycles. The SMILES string of the molecule is CN(C)c1ccc(Cn2nccc2NC(=O)COc2ccccc2C(F)(F)F)cc1. The van der Waals surface area contributed by atoms with Crippen LogP contribution in [0.2, 0.25) is 0 Å². The van der Waals surface area contributed by atoms with Crippen molar-refractivity contribution in [2.45, 2.75) is 12.7 Å². The number of hydrogen-bond donors (Lipinski definition) is 1. The van der Waals surface area contributed by atoms with E-state index in [4.69, 9.17) is 4.74 Å². The molecule has 1 amide bonds. The van der Waals surface area contributed by atoms with E-state index in [2.05, 4.69) is 10.4 Å². The first-order valence-electron chi connectivity index (χ1n) is 9.11. The van der Waals surface area contributed by atoms with Gasteiger partial charge in [0.25, 0.3) is 5.91 Å². The first kappa shape index (κ1) is 21.2. The lowest BCUT2D eigenvalue weighted by Gasteiger charge is -2.14. The van der Waals surface area contributed by atoms with Gasteiger partial charge in [-0.05, 0) is 29.8 Å². The molecule has 2 aromatic carbocycles. The Morgan fingerprint density at radius 2 is 1.80 bits per heavy atom. The van der Waals surface area contributed by atoms with Crippen molar-refractivity contribution in [3.05, 3.63) is 71.9 Å². The number of benzene rings is 2. The predicted octanol–water partition coefficient (Wildman–Crippen LogP) is 4.03. The lowest BCUT2D eigenvalue weighted by molar-refractivity contribution is -0.139. The summed E-state index contributed by atoms with van der Waals surface area (Å²) in [5, 5.41) is 6.80. The van der Waals surface area contributed by atoms with Gasteiger partial charge in [0.05, 0.1) is 18.3 Å². The molecule has 0 spiro atoms. The van der Waals surface area contributed by atoms with Crippen molar-refractivity contribution in [1.29, 1.82) is 0 Å². The highest BCUT2D eigenvalue weighted by Crippen LogP contribution is 2.35. The van der Waals surface area contributed by atoms with Crippen LogP contribution in [0.25, 0.3) is 0 Å². The molecule has 3 aromatic rings. The summed E-state index contributed by atoms with van der Waals surface area (Å²) < 4.78 is 45.7. The first-order valence-corrected chi connectivity index (χ1v) is 9.11. The quantitative estimate of drug-likeness (QED) is 0.629. The average Bonchev–Trinajstić information content (AvgIpc) is 3.13. The summed E-state index contributed by atoms with van der Waals surface area (Å²) in [7, 11) is 3.90. The molecule has 30 heavy (non-hydrogen) atoms. The third-order valence-corrected chi connectivity index (χ3v) is 4.32. The largest absolute Gasteiger partial charge is 0.483 e. The minimum absolute atomic E-state index is 0.394. The van der Waals surface area contributed by atoms with Gasteiger partial charge in [0.15, 0.2) is 6.61 Å². The molecule has 0 fully saturated rings. The van der Waals surface area contributed by atoms with Crippen LogP contribution in [0.5, 0.6) is 5.75 Å². The maximum atomic E-state index is 13.0. The summed E-state index contributed by atoms with van der Waals surface area (Å²) in [5.74, 6) is -0.560. The molecule has 0 aliphatic carbocycles. The highest BCUT2D eigenvalue weighted by molar-refractivity contribution is 5.91. The number of amides is 1. The lowest BCUT2D eigenvalue weighted by atomic mass is 10.2. The number of carbonyl (C=O) groups excluding carboxylic acids is 1. The molecule has 158 valence electrons. The van der Waals surface area contributed by atoms with Gasteiger partial charge in [-0.25, -0.2) is 4.68 Å². The second-order valence-electron chi connectivity index (χ2n) is 6.77. The standard InChI is InChI=1S/C21H21F3N4O2/c1-27(2)16-9-7-15(8-10-16)13-28-19(11-12-25-28)26-20(29)14-30-18-6-4-3-5-17(18)21(22,23)24/h3-12H,13-14H2,1-2H3,(H,26,29). The zero-order valence-corrected chi connectivity index (χ0v) is 16.5. The van der Waals surface area contributed by atoms with Crippen molar-refractivity contribution in [2.24, 2.45) is 0 Å². The molecule has 3 rings (SSSR count). The van der Waals surface area contributed by atoms with Gasteiger partial charge < -0.3 is 15.0 Å². The third kappa shape index (κ3) is 5.31. The maximum Gasteiger partial charge on any atom is 0.419 e. The van der Waals surface area contributed by atoms with Crippen LogP contribution in [-0.4, -0.2) is 36.4 Å². The van der Waals surface area contributed by atoms with Crippen LogP contribution in [0.1, 0.15) is 11.1 Å². The summed E-state index contributed by atoms with van der Waals surface area (Å²) in [5.41, 5.74) is 1.11. The van der Waals surface area contributed by atoms with Gasteiger partial charge in [0.2, 0.25) is 0 Å². The first-order chi connectivity index (χ1) is 14.2. The summed E-state index contributed by atoms with van der Waals surface area (Å²) in [6, 6.07) is 14.2. The third-order valence-electron chi connectivity index (χ3n) is 4.32. The molecular formula is C21H21F3N4O2. The van der Waals surface area contributed by atoms with Crippen LogP contribution in [-0.2, 0) is 17.5 Å². The number of anilines is 2. The van der Waals surface area contributed by atoms with Crippen molar-refractivity contribution < 1.29 is 22.7 Å². The van der Waals surface area contributed by atoms with Crippen LogP contribution in [0.15, 0.2) is 60.8 Å². The van der Waals surface area contributed by atoms with Crippen LogP contribution in [0.3, 0.4) is 0 Å². The number of para-hydroxylation sites is 1. The highest BCUT2D eigenvalue weighted by atomic mass is 19.4. The van der Waals surface area contributed by atoms with E-state index in [1.54, 1.807) is 10.7 Å². The van der Waals surface area contributed by atoms with Gasteiger partial charge in [-0.1, -0.05) is 24.3 Å². The van der Waals surface area contributed by atoms with Gasteiger partial charge in [-0.2, -0.15) is 18.3 Å². The molecule has 1 N–H and O–H groups in total. The second-order valence-corrected chi connectivity index (χ2v) is 6.77. The number of carbonyl (C=O) groups is 1. The minimum atomic E-state index is -4.56. The molecule has 0 radical (unpaired) electrons. The summed E-state index contributed by atoms with van der Waals surface area (Å²) in [4.78, 5) is 14.2. The molecular weight excluding hydrogens is 397 g/mol. The van der Waals surface area contributed by atoms with Crippen LogP contribution in [0, 0.1) is 0 Å². The van der Waals surface area contributed by atoms with Crippen molar-refractivity contribution in [3.8, 4) is 5.75 Å². The van der Waals surface area contributed by atoms with Crippen LogP contribution < -0.4 is 15.0 Å². The molecule has 0 saturated heterocycles. The Bertz CT molecular complexity index is 998. The van der Waals surface area contributed by atoms with Crippen molar-refractivity contribution in [3.63, 3.8) is 0 Å². The monoisotopic (exact) mass is 418 g/mol. The molecule has 0 bridgehead atoms. The molecule has 1 heterocycles. The predicted molar refractivity (Wildman–Crippen MR) is 108 cm³/mol. The van der Waals surface area contributed by atoms with E-state index in [1.165, 1.54) is 24.4 Å². The van der Waals surface area contributed by atoms with Gasteiger partial charge in [-0.15, -0.1) is 0 Å². The Morgan fingerprint density at radius 3 is 2.47 bits per heavy atom. The van der Waals surface area contributed by atoms with Crippen LogP contribution in [0.4, 0.5) is 24.7 Å². The van der Waals surface area contributed by atoms with Gasteiger partial charge >= 0.3 is 6.18 Å². The minimum Gasteiger partial charge on any atom is -0.483 e. The van der Waals surface area contributed by atoms with E-state index in [0.717, 1.165) is 17.3 Å². The van der Waals surface area contributed by atoms with Crippen LogP contribution >= 0.6 is 0 Å². The smallest absolute Gasteiger partial charge is 0.419 e. The average molecular weight is 418 g/mol. The number of nitrogens with one attached hydrogen (secondary N) is 1. The van der Waals surface area contributed by atoms with E-state index in [9.17, 15) is 18.0 Å². The normalized spacial score (nSPS) is 11.2. The zero-order valence-electron chi connectivity index (χ0n) is 16.5. The highest BCUT2D eigenvalue weighted by Gasteiger charge is 2.34. The van der Waals surface area contributed by atoms with Crippen molar-refractivity contribution in [2.75, 3.05) is 30.9 Å². The molecule has 6 nitrogen and oxygen atoms in total. The van der Waals surface area contributed by atoms with Gasteiger partial charge in [0, 0.05) is 25.8 Å². The Labute approximate surface area is 171 Å². The summed E-state index contributed by atoms with van der Waals surface area (Å²) in [6.07, 6.45) is -3.03. The fraction of sp³-hybridized carbons (Fsp3) is 0.238. The Morgan fingerprint density at radius 1 is 1.10 bits per heavy atom. The van der Waals surface area contributed by atoms with E-state index < -0.39 is 30.0 Å². The molecule has 0 aliphatic rings. The number of alkyl halides is 3. The summed E-state index contributed by atoms with van der Waals surface area (Å²) >= 11 is 0. The Balaban J connectivity index is 1.62. The van der Waals surface area contributed by atoms with Crippen molar-refractivity contribution in [1.82, 2.24) is 9.78 Å². The number of aromatic nitrogens is 2. The fourth-order valence-corrected chi connectivity index (χ4v) is 2.79. The van der Waals surface area contributed by atoms with Gasteiger partial charge in [0.1, 0.15) is 11.6 Å². The Hall–Kier alpha value is -3.49. The molecule has 0 unspecified atom stereocenters. The molecule has 0 atom stereocenters. The van der Waals surface area contributed by atoms with E-state index in [-0.39, 0.29) is 0 Å². The van der Waals surface area contributed by atoms with Gasteiger partial charge in [-0.3, -0.25) is 4.79 Å². The number of halogens is 3.